The molecule has 8 heteroatoms. The van der Waals surface area contributed by atoms with Gasteiger partial charge in [0.05, 0.1) is 5.02 Å². The van der Waals surface area contributed by atoms with Gasteiger partial charge in [-0.05, 0) is 55.3 Å². The Bertz CT molecular complexity index is 999. The molecule has 0 radical (unpaired) electrons. The van der Waals surface area contributed by atoms with Crippen molar-refractivity contribution < 1.29 is 13.2 Å². The molecule has 1 amide bonds. The van der Waals surface area contributed by atoms with Crippen molar-refractivity contribution in [3.8, 4) is 0 Å². The Hall–Kier alpha value is -1.93. The fourth-order valence-corrected chi connectivity index (χ4v) is 5.68. The van der Waals surface area contributed by atoms with E-state index in [9.17, 15) is 13.2 Å². The quantitative estimate of drug-likeness (QED) is 0.612. The van der Waals surface area contributed by atoms with Crippen LogP contribution in [0.4, 0.5) is 0 Å². The number of carbonyl (C=O) groups excluding carboxylic acids is 1. The zero-order chi connectivity index (χ0) is 22.4. The monoisotopic (exact) mass is 463 g/mol. The van der Waals surface area contributed by atoms with E-state index in [0.717, 1.165) is 38.0 Å². The van der Waals surface area contributed by atoms with Crippen LogP contribution in [0.3, 0.4) is 0 Å². The van der Waals surface area contributed by atoms with Gasteiger partial charge in [0.15, 0.2) is 0 Å². The standard InChI is InChI=1S/C23H30ClN3O3S/c1-3-26(4-2)17-19-9-7-18(8-10-19)16-25-23(28)20-11-12-21(24)22(15-20)31(29,30)27-13-5-6-14-27/h7-12,15H,3-6,13-14,16-17H2,1-2H3,(H,25,28). The summed E-state index contributed by atoms with van der Waals surface area (Å²) >= 11 is 6.17. The maximum Gasteiger partial charge on any atom is 0.251 e. The number of carbonyl (C=O) groups is 1. The van der Waals surface area contributed by atoms with E-state index in [-0.39, 0.29) is 21.4 Å². The average Bonchev–Trinajstić information content (AvgIpc) is 3.33. The molecule has 1 saturated heterocycles. The minimum absolute atomic E-state index is 0.00975. The maximum atomic E-state index is 12.9. The third-order valence-corrected chi connectivity index (χ3v) is 8.03. The molecular weight excluding hydrogens is 434 g/mol. The molecule has 0 aromatic heterocycles. The molecule has 1 aliphatic heterocycles. The third kappa shape index (κ3) is 5.86. The lowest BCUT2D eigenvalue weighted by molar-refractivity contribution is 0.0950. The van der Waals surface area contributed by atoms with Crippen molar-refractivity contribution in [1.29, 1.82) is 0 Å². The second-order valence-corrected chi connectivity index (χ2v) is 10.0. The number of nitrogens with one attached hydrogen (secondary N) is 1. The normalized spacial score (nSPS) is 14.8. The molecule has 1 fully saturated rings. The lowest BCUT2D eigenvalue weighted by Gasteiger charge is -2.18. The van der Waals surface area contributed by atoms with Crippen LogP contribution in [0.15, 0.2) is 47.4 Å². The Labute approximate surface area is 190 Å². The van der Waals surface area contributed by atoms with E-state index in [1.807, 2.05) is 12.1 Å². The summed E-state index contributed by atoms with van der Waals surface area (Å²) in [4.78, 5) is 15.0. The van der Waals surface area contributed by atoms with Crippen molar-refractivity contribution in [1.82, 2.24) is 14.5 Å². The molecule has 1 N–H and O–H groups in total. The maximum absolute atomic E-state index is 12.9. The fraction of sp³-hybridized carbons (Fsp3) is 0.435. The Balaban J connectivity index is 1.66. The van der Waals surface area contributed by atoms with Gasteiger partial charge in [0, 0.05) is 31.7 Å². The first-order chi connectivity index (χ1) is 14.8. The SMILES string of the molecule is CCN(CC)Cc1ccc(CNC(=O)c2ccc(Cl)c(S(=O)(=O)N3CCCC3)c2)cc1. The molecule has 0 bridgehead atoms. The summed E-state index contributed by atoms with van der Waals surface area (Å²) in [6, 6.07) is 12.5. The minimum atomic E-state index is -3.69. The summed E-state index contributed by atoms with van der Waals surface area (Å²) in [5.41, 5.74) is 2.49. The van der Waals surface area contributed by atoms with Crippen LogP contribution in [0.25, 0.3) is 0 Å². The van der Waals surface area contributed by atoms with Gasteiger partial charge in [-0.1, -0.05) is 49.7 Å². The molecular formula is C23H30ClN3O3S. The second kappa shape index (κ2) is 10.6. The molecule has 31 heavy (non-hydrogen) atoms. The number of sulfonamides is 1. The van der Waals surface area contributed by atoms with Crippen molar-refractivity contribution in [2.24, 2.45) is 0 Å². The fourth-order valence-electron chi connectivity index (χ4n) is 3.66. The van der Waals surface area contributed by atoms with Crippen LogP contribution in [0, 0.1) is 0 Å². The highest BCUT2D eigenvalue weighted by molar-refractivity contribution is 7.89. The van der Waals surface area contributed by atoms with Gasteiger partial charge in [-0.3, -0.25) is 9.69 Å². The number of hydrogen-bond donors (Lipinski definition) is 1. The molecule has 1 heterocycles. The molecule has 0 unspecified atom stereocenters. The number of amides is 1. The summed E-state index contributed by atoms with van der Waals surface area (Å²) in [7, 11) is -3.69. The van der Waals surface area contributed by atoms with E-state index in [4.69, 9.17) is 11.6 Å². The van der Waals surface area contributed by atoms with Crippen LogP contribution in [-0.2, 0) is 23.1 Å². The van der Waals surface area contributed by atoms with Gasteiger partial charge in [0.25, 0.3) is 5.91 Å². The van der Waals surface area contributed by atoms with E-state index in [1.165, 1.54) is 22.0 Å². The predicted octanol–water partition coefficient (Wildman–Crippen LogP) is 3.90. The topological polar surface area (TPSA) is 69.7 Å². The smallest absolute Gasteiger partial charge is 0.251 e. The van der Waals surface area contributed by atoms with Crippen LogP contribution in [0.5, 0.6) is 0 Å². The van der Waals surface area contributed by atoms with Crippen molar-refractivity contribution in [3.05, 3.63) is 64.2 Å². The van der Waals surface area contributed by atoms with Crippen LogP contribution in [0.1, 0.15) is 48.2 Å². The predicted molar refractivity (Wildman–Crippen MR) is 124 cm³/mol. The highest BCUT2D eigenvalue weighted by atomic mass is 35.5. The van der Waals surface area contributed by atoms with E-state index < -0.39 is 10.0 Å². The first-order valence-electron chi connectivity index (χ1n) is 10.7. The molecule has 1 aliphatic rings. The number of benzene rings is 2. The summed E-state index contributed by atoms with van der Waals surface area (Å²) in [6.45, 7) is 8.53. The van der Waals surface area contributed by atoms with E-state index in [0.29, 0.717) is 19.6 Å². The summed E-state index contributed by atoms with van der Waals surface area (Å²) in [5, 5.41) is 3.00. The highest BCUT2D eigenvalue weighted by Gasteiger charge is 2.29. The Kier molecular flexibility index (Phi) is 8.11. The van der Waals surface area contributed by atoms with Crippen molar-refractivity contribution in [2.45, 2.75) is 44.7 Å². The summed E-state index contributed by atoms with van der Waals surface area (Å²) in [5.74, 6) is -0.332. The summed E-state index contributed by atoms with van der Waals surface area (Å²) in [6.07, 6.45) is 1.68. The van der Waals surface area contributed by atoms with Gasteiger partial charge >= 0.3 is 0 Å². The number of halogens is 1. The van der Waals surface area contributed by atoms with Gasteiger partial charge in [-0.15, -0.1) is 0 Å². The first-order valence-corrected chi connectivity index (χ1v) is 12.5. The number of nitrogens with zero attached hydrogens (tertiary/aromatic N) is 2. The molecule has 6 nitrogen and oxygen atoms in total. The molecule has 0 spiro atoms. The van der Waals surface area contributed by atoms with Gasteiger partial charge in [0.2, 0.25) is 10.0 Å². The molecule has 0 atom stereocenters. The van der Waals surface area contributed by atoms with E-state index >= 15 is 0 Å². The number of hydrogen-bond acceptors (Lipinski definition) is 4. The highest BCUT2D eigenvalue weighted by Crippen LogP contribution is 2.28. The van der Waals surface area contributed by atoms with Gasteiger partial charge in [-0.2, -0.15) is 4.31 Å². The average molecular weight is 464 g/mol. The zero-order valence-corrected chi connectivity index (χ0v) is 19.7. The van der Waals surface area contributed by atoms with E-state index in [1.54, 1.807) is 6.07 Å². The van der Waals surface area contributed by atoms with E-state index in [2.05, 4.69) is 36.2 Å². The lowest BCUT2D eigenvalue weighted by Crippen LogP contribution is -2.29. The van der Waals surface area contributed by atoms with Crippen molar-refractivity contribution >= 4 is 27.5 Å². The van der Waals surface area contributed by atoms with Crippen molar-refractivity contribution in [3.63, 3.8) is 0 Å². The van der Waals surface area contributed by atoms with Crippen LogP contribution in [0.2, 0.25) is 5.02 Å². The molecule has 3 rings (SSSR count). The molecule has 168 valence electrons. The molecule has 2 aromatic carbocycles. The molecule has 0 saturated carbocycles. The third-order valence-electron chi connectivity index (χ3n) is 5.65. The molecule has 2 aromatic rings. The van der Waals surface area contributed by atoms with Gasteiger partial charge < -0.3 is 5.32 Å². The first kappa shape index (κ1) is 23.7. The van der Waals surface area contributed by atoms with Crippen LogP contribution < -0.4 is 5.32 Å². The van der Waals surface area contributed by atoms with Crippen LogP contribution in [-0.4, -0.2) is 49.7 Å². The van der Waals surface area contributed by atoms with Crippen molar-refractivity contribution in [2.75, 3.05) is 26.2 Å². The van der Waals surface area contributed by atoms with Gasteiger partial charge in [0.1, 0.15) is 4.90 Å². The largest absolute Gasteiger partial charge is 0.348 e. The van der Waals surface area contributed by atoms with Crippen LogP contribution >= 0.6 is 11.6 Å². The Morgan fingerprint density at radius 1 is 1.03 bits per heavy atom. The zero-order valence-electron chi connectivity index (χ0n) is 18.1. The minimum Gasteiger partial charge on any atom is -0.348 e. The molecule has 0 aliphatic carbocycles. The lowest BCUT2D eigenvalue weighted by atomic mass is 10.1. The summed E-state index contributed by atoms with van der Waals surface area (Å²) < 4.78 is 27.2. The second-order valence-electron chi connectivity index (χ2n) is 7.72. The van der Waals surface area contributed by atoms with Gasteiger partial charge in [-0.25, -0.2) is 8.42 Å². The Morgan fingerprint density at radius 2 is 1.65 bits per heavy atom. The number of rotatable bonds is 9. The Morgan fingerprint density at radius 3 is 2.26 bits per heavy atom.